The SMILES string of the molecule is CCn1c2ccccc2c2cc([C@@H](C(=O)NC3CCCC3)N(Cc3ccco3)C(=O)c3ccco3)ccc21. The number of amides is 2. The first kappa shape index (κ1) is 24.1. The van der Waals surface area contributed by atoms with Gasteiger partial charge in [-0.15, -0.1) is 0 Å². The van der Waals surface area contributed by atoms with Gasteiger partial charge in [0.2, 0.25) is 5.91 Å². The minimum Gasteiger partial charge on any atom is -0.467 e. The van der Waals surface area contributed by atoms with E-state index in [9.17, 15) is 9.59 Å². The second-order valence-electron chi connectivity index (χ2n) is 9.92. The van der Waals surface area contributed by atoms with E-state index in [1.165, 1.54) is 6.26 Å². The number of para-hydroxylation sites is 1. The summed E-state index contributed by atoms with van der Waals surface area (Å²) in [6.07, 6.45) is 7.14. The number of hydrogen-bond donors (Lipinski definition) is 1. The molecule has 0 unspecified atom stereocenters. The van der Waals surface area contributed by atoms with Crippen LogP contribution in [-0.4, -0.2) is 27.3 Å². The number of nitrogens with zero attached hydrogens (tertiary/aromatic N) is 2. The van der Waals surface area contributed by atoms with Gasteiger partial charge in [0.15, 0.2) is 5.76 Å². The molecule has 0 radical (unpaired) electrons. The van der Waals surface area contributed by atoms with Gasteiger partial charge < -0.3 is 23.6 Å². The molecule has 7 heteroatoms. The fourth-order valence-corrected chi connectivity index (χ4v) is 5.80. The van der Waals surface area contributed by atoms with Crippen LogP contribution in [0.1, 0.15) is 60.5 Å². The summed E-state index contributed by atoms with van der Waals surface area (Å²) in [5, 5.41) is 5.42. The van der Waals surface area contributed by atoms with Gasteiger partial charge in [-0.05, 0) is 67.8 Å². The average molecular weight is 510 g/mol. The van der Waals surface area contributed by atoms with Gasteiger partial charge in [-0.25, -0.2) is 0 Å². The Bertz CT molecular complexity index is 1560. The molecular formula is C31H31N3O4. The first-order valence-electron chi connectivity index (χ1n) is 13.3. The van der Waals surface area contributed by atoms with Crippen molar-refractivity contribution in [3.05, 3.63) is 96.3 Å². The quantitative estimate of drug-likeness (QED) is 0.261. The lowest BCUT2D eigenvalue weighted by Crippen LogP contribution is -2.45. The topological polar surface area (TPSA) is 80.6 Å². The maximum absolute atomic E-state index is 14.0. The van der Waals surface area contributed by atoms with Crippen molar-refractivity contribution in [2.75, 3.05) is 0 Å². The number of nitrogens with one attached hydrogen (secondary N) is 1. The minimum atomic E-state index is -0.869. The number of carbonyl (C=O) groups excluding carboxylic acids is 2. The predicted molar refractivity (Wildman–Crippen MR) is 146 cm³/mol. The summed E-state index contributed by atoms with van der Waals surface area (Å²) in [6.45, 7) is 3.09. The molecule has 3 heterocycles. The maximum atomic E-state index is 14.0. The molecule has 2 amide bonds. The number of hydrogen-bond acceptors (Lipinski definition) is 4. The Kier molecular flexibility index (Phi) is 6.50. The minimum absolute atomic E-state index is 0.111. The number of furan rings is 2. The van der Waals surface area contributed by atoms with Crippen LogP contribution in [0.15, 0.2) is 88.1 Å². The van der Waals surface area contributed by atoms with E-state index in [0.29, 0.717) is 5.76 Å². The lowest BCUT2D eigenvalue weighted by atomic mass is 10.00. The van der Waals surface area contributed by atoms with Crippen LogP contribution < -0.4 is 5.32 Å². The van der Waals surface area contributed by atoms with E-state index in [-0.39, 0.29) is 30.2 Å². The van der Waals surface area contributed by atoms with Crippen molar-refractivity contribution in [1.29, 1.82) is 0 Å². The van der Waals surface area contributed by atoms with Gasteiger partial charge in [0.1, 0.15) is 11.8 Å². The highest BCUT2D eigenvalue weighted by Crippen LogP contribution is 2.34. The highest BCUT2D eigenvalue weighted by Gasteiger charge is 2.35. The molecule has 194 valence electrons. The van der Waals surface area contributed by atoms with E-state index in [2.05, 4.69) is 41.1 Å². The maximum Gasteiger partial charge on any atom is 0.290 e. The zero-order valence-corrected chi connectivity index (χ0v) is 21.4. The molecule has 5 aromatic rings. The number of aryl methyl sites for hydroxylation is 1. The Morgan fingerprint density at radius 3 is 2.45 bits per heavy atom. The molecule has 1 saturated carbocycles. The molecule has 38 heavy (non-hydrogen) atoms. The van der Waals surface area contributed by atoms with Gasteiger partial charge >= 0.3 is 0 Å². The van der Waals surface area contributed by atoms with Gasteiger partial charge in [0.05, 0.1) is 19.1 Å². The lowest BCUT2D eigenvalue weighted by Gasteiger charge is -2.31. The second-order valence-corrected chi connectivity index (χ2v) is 9.92. The molecule has 7 nitrogen and oxygen atoms in total. The average Bonchev–Trinajstić information content (AvgIpc) is 3.75. The van der Waals surface area contributed by atoms with E-state index in [1.807, 2.05) is 24.3 Å². The first-order chi connectivity index (χ1) is 18.6. The molecule has 1 aliphatic rings. The Labute approximate surface area is 221 Å². The number of rotatable bonds is 8. The van der Waals surface area contributed by atoms with Crippen molar-refractivity contribution in [2.45, 2.75) is 57.8 Å². The molecule has 0 aliphatic heterocycles. The number of fused-ring (bicyclic) bond motifs is 3. The monoisotopic (exact) mass is 509 g/mol. The molecule has 0 spiro atoms. The van der Waals surface area contributed by atoms with E-state index in [0.717, 1.165) is 59.6 Å². The van der Waals surface area contributed by atoms with Gasteiger partial charge in [0, 0.05) is 34.4 Å². The third-order valence-electron chi connectivity index (χ3n) is 7.59. The summed E-state index contributed by atoms with van der Waals surface area (Å²) >= 11 is 0. The van der Waals surface area contributed by atoms with E-state index < -0.39 is 6.04 Å². The third kappa shape index (κ3) is 4.38. The van der Waals surface area contributed by atoms with E-state index in [4.69, 9.17) is 8.83 Å². The fraction of sp³-hybridized carbons (Fsp3) is 0.290. The second kappa shape index (κ2) is 10.2. The smallest absolute Gasteiger partial charge is 0.290 e. The van der Waals surface area contributed by atoms with Gasteiger partial charge in [0.25, 0.3) is 5.91 Å². The zero-order valence-electron chi connectivity index (χ0n) is 21.4. The molecule has 1 fully saturated rings. The van der Waals surface area contributed by atoms with Crippen molar-refractivity contribution in [3.63, 3.8) is 0 Å². The van der Waals surface area contributed by atoms with Gasteiger partial charge in [-0.2, -0.15) is 0 Å². The molecule has 1 N–H and O–H groups in total. The summed E-state index contributed by atoms with van der Waals surface area (Å²) in [4.78, 5) is 29.4. The van der Waals surface area contributed by atoms with Crippen LogP contribution in [0, 0.1) is 0 Å². The molecular weight excluding hydrogens is 478 g/mol. The number of carbonyl (C=O) groups is 2. The van der Waals surface area contributed by atoms with Crippen molar-refractivity contribution < 1.29 is 18.4 Å². The Morgan fingerprint density at radius 2 is 1.71 bits per heavy atom. The normalized spacial score (nSPS) is 14.8. The summed E-state index contributed by atoms with van der Waals surface area (Å²) in [7, 11) is 0. The van der Waals surface area contributed by atoms with Crippen LogP contribution in [0.3, 0.4) is 0 Å². The van der Waals surface area contributed by atoms with Crippen LogP contribution in [0.5, 0.6) is 0 Å². The Hall–Kier alpha value is -4.26. The largest absolute Gasteiger partial charge is 0.467 e. The highest BCUT2D eigenvalue weighted by molar-refractivity contribution is 6.08. The molecule has 1 atom stereocenters. The third-order valence-corrected chi connectivity index (χ3v) is 7.59. The lowest BCUT2D eigenvalue weighted by molar-refractivity contribution is -0.126. The van der Waals surface area contributed by atoms with Crippen LogP contribution in [0.25, 0.3) is 21.8 Å². The summed E-state index contributed by atoms with van der Waals surface area (Å²) < 4.78 is 13.4. The van der Waals surface area contributed by atoms with Gasteiger partial charge in [-0.1, -0.05) is 37.1 Å². The van der Waals surface area contributed by atoms with Crippen LogP contribution >= 0.6 is 0 Å². The predicted octanol–water partition coefficient (Wildman–Crippen LogP) is 6.44. The molecule has 0 saturated heterocycles. The summed E-state index contributed by atoms with van der Waals surface area (Å²) in [6, 6.07) is 20.5. The van der Waals surface area contributed by atoms with Crippen molar-refractivity contribution in [1.82, 2.24) is 14.8 Å². The molecule has 0 bridgehead atoms. The molecule has 2 aromatic carbocycles. The standard InChI is InChI=1S/C31H31N3O4/c1-2-33-26-13-6-5-12-24(26)25-19-21(15-16-27(25)33)29(30(35)32-22-9-3-4-10-22)34(20-23-11-7-17-37-23)31(36)28-14-8-18-38-28/h5-8,11-19,22,29H,2-4,9-10,20H2,1H3,(H,32,35)/t29-/m0/s1. The van der Waals surface area contributed by atoms with E-state index in [1.54, 1.807) is 29.4 Å². The zero-order chi connectivity index (χ0) is 26.1. The fourth-order valence-electron chi connectivity index (χ4n) is 5.80. The van der Waals surface area contributed by atoms with Crippen LogP contribution in [0.2, 0.25) is 0 Å². The molecule has 1 aliphatic carbocycles. The van der Waals surface area contributed by atoms with Crippen molar-refractivity contribution in [2.24, 2.45) is 0 Å². The van der Waals surface area contributed by atoms with Crippen molar-refractivity contribution >= 4 is 33.6 Å². The first-order valence-corrected chi connectivity index (χ1v) is 13.3. The Balaban J connectivity index is 1.49. The molecule has 6 rings (SSSR count). The van der Waals surface area contributed by atoms with Gasteiger partial charge in [-0.3, -0.25) is 9.59 Å². The van der Waals surface area contributed by atoms with Crippen LogP contribution in [0.4, 0.5) is 0 Å². The summed E-state index contributed by atoms with van der Waals surface area (Å²) in [5.74, 6) is 0.210. The van der Waals surface area contributed by atoms with Crippen molar-refractivity contribution in [3.8, 4) is 0 Å². The molecule has 3 aromatic heterocycles. The van der Waals surface area contributed by atoms with Crippen LogP contribution in [-0.2, 0) is 17.9 Å². The Morgan fingerprint density at radius 1 is 0.947 bits per heavy atom. The highest BCUT2D eigenvalue weighted by atomic mass is 16.3. The number of aromatic nitrogens is 1. The summed E-state index contributed by atoms with van der Waals surface area (Å²) in [5.41, 5.74) is 2.99. The van der Waals surface area contributed by atoms with E-state index >= 15 is 0 Å². The number of benzene rings is 2.